The summed E-state index contributed by atoms with van der Waals surface area (Å²) in [6.07, 6.45) is 3.39. The van der Waals surface area contributed by atoms with Gasteiger partial charge in [0.25, 0.3) is 0 Å². The van der Waals surface area contributed by atoms with Crippen LogP contribution in [-0.2, 0) is 21.3 Å². The zero-order valence-corrected chi connectivity index (χ0v) is 13.5. The van der Waals surface area contributed by atoms with Crippen molar-refractivity contribution < 1.29 is 13.2 Å². The summed E-state index contributed by atoms with van der Waals surface area (Å²) >= 11 is 0. The van der Waals surface area contributed by atoms with Gasteiger partial charge in [-0.05, 0) is 24.8 Å². The molecule has 2 rings (SSSR count). The molecular weight excluding hydrogens is 290 g/mol. The van der Waals surface area contributed by atoms with Crippen molar-refractivity contribution in [2.24, 2.45) is 5.92 Å². The number of sulfonamides is 1. The third-order valence-electron chi connectivity index (χ3n) is 3.60. The highest BCUT2D eigenvalue weighted by molar-refractivity contribution is 7.89. The Labute approximate surface area is 126 Å². The first-order valence-corrected chi connectivity index (χ1v) is 8.94. The fraction of sp³-hybridized carbons (Fsp3) is 0.714. The molecule has 1 atom stereocenters. The lowest BCUT2D eigenvalue weighted by molar-refractivity contribution is 0.184. The number of aromatic nitrogens is 1. The molecule has 7 heteroatoms. The van der Waals surface area contributed by atoms with E-state index in [4.69, 9.17) is 4.74 Å². The average Bonchev–Trinajstić information content (AvgIpc) is 3.07. The minimum absolute atomic E-state index is 0.297. The summed E-state index contributed by atoms with van der Waals surface area (Å²) in [4.78, 5) is 3.29. The summed E-state index contributed by atoms with van der Waals surface area (Å²) in [6, 6.07) is 2.04. The van der Waals surface area contributed by atoms with Crippen LogP contribution >= 0.6 is 0 Å². The third-order valence-corrected chi connectivity index (χ3v) is 5.04. The molecule has 2 heterocycles. The van der Waals surface area contributed by atoms with Gasteiger partial charge in [-0.1, -0.05) is 13.8 Å². The minimum atomic E-state index is -3.42. The molecule has 120 valence electrons. The molecule has 6 nitrogen and oxygen atoms in total. The lowest BCUT2D eigenvalue weighted by Crippen LogP contribution is -2.26. The van der Waals surface area contributed by atoms with Gasteiger partial charge < -0.3 is 15.0 Å². The minimum Gasteiger partial charge on any atom is -0.381 e. The molecule has 0 radical (unpaired) electrons. The normalized spacial score (nSPS) is 19.5. The van der Waals surface area contributed by atoms with Gasteiger partial charge in [-0.3, -0.25) is 0 Å². The Morgan fingerprint density at radius 3 is 2.95 bits per heavy atom. The molecule has 21 heavy (non-hydrogen) atoms. The van der Waals surface area contributed by atoms with Crippen LogP contribution in [0.1, 0.15) is 32.4 Å². The zero-order valence-electron chi connectivity index (χ0n) is 12.7. The fourth-order valence-corrected chi connectivity index (χ4v) is 3.35. The quantitative estimate of drug-likeness (QED) is 0.673. The number of H-pyrrole nitrogens is 1. The van der Waals surface area contributed by atoms with Crippen LogP contribution in [0.3, 0.4) is 0 Å². The van der Waals surface area contributed by atoms with E-state index in [1.54, 1.807) is 12.3 Å². The average molecular weight is 315 g/mol. The van der Waals surface area contributed by atoms with E-state index in [1.165, 1.54) is 0 Å². The van der Waals surface area contributed by atoms with Gasteiger partial charge in [0, 0.05) is 44.2 Å². The van der Waals surface area contributed by atoms with Crippen molar-refractivity contribution in [3.8, 4) is 0 Å². The molecule has 1 aliphatic rings. The van der Waals surface area contributed by atoms with E-state index in [0.717, 1.165) is 31.7 Å². The predicted octanol–water partition coefficient (Wildman–Crippen LogP) is 1.22. The molecule has 1 saturated heterocycles. The van der Waals surface area contributed by atoms with Gasteiger partial charge in [0.1, 0.15) is 0 Å². The van der Waals surface area contributed by atoms with E-state index in [1.807, 2.05) is 0 Å². The maximum Gasteiger partial charge on any atom is 0.242 e. The van der Waals surface area contributed by atoms with Gasteiger partial charge in [-0.15, -0.1) is 0 Å². The molecule has 1 aromatic rings. The molecule has 1 aliphatic heterocycles. The van der Waals surface area contributed by atoms with Crippen LogP contribution in [0, 0.1) is 5.92 Å². The predicted molar refractivity (Wildman–Crippen MR) is 81.5 cm³/mol. The van der Waals surface area contributed by atoms with Crippen molar-refractivity contribution >= 4 is 10.0 Å². The lowest BCUT2D eigenvalue weighted by Gasteiger charge is -2.08. The van der Waals surface area contributed by atoms with Crippen molar-refractivity contribution in [2.45, 2.75) is 44.2 Å². The van der Waals surface area contributed by atoms with Crippen LogP contribution in [0.2, 0.25) is 0 Å². The van der Waals surface area contributed by atoms with E-state index in [9.17, 15) is 8.42 Å². The Hall–Kier alpha value is -0.890. The van der Waals surface area contributed by atoms with E-state index in [-0.39, 0.29) is 0 Å². The van der Waals surface area contributed by atoms with Gasteiger partial charge in [0.05, 0.1) is 4.90 Å². The Kier molecular flexibility index (Phi) is 5.80. The molecule has 1 aromatic heterocycles. The maximum absolute atomic E-state index is 12.2. The second-order valence-corrected chi connectivity index (χ2v) is 7.58. The molecule has 0 bridgehead atoms. The maximum atomic E-state index is 12.2. The van der Waals surface area contributed by atoms with Crippen molar-refractivity contribution in [3.05, 3.63) is 18.0 Å². The topological polar surface area (TPSA) is 83.2 Å². The van der Waals surface area contributed by atoms with Crippen LogP contribution in [-0.4, -0.2) is 39.2 Å². The van der Waals surface area contributed by atoms with Gasteiger partial charge in [0.15, 0.2) is 0 Å². The first kappa shape index (κ1) is 16.5. The largest absolute Gasteiger partial charge is 0.381 e. The number of aromatic amines is 1. The van der Waals surface area contributed by atoms with Crippen molar-refractivity contribution in [3.63, 3.8) is 0 Å². The number of hydrogen-bond acceptors (Lipinski definition) is 4. The summed E-state index contributed by atoms with van der Waals surface area (Å²) in [6.45, 7) is 6.73. The highest BCUT2D eigenvalue weighted by atomic mass is 32.2. The fourth-order valence-electron chi connectivity index (χ4n) is 2.28. The highest BCUT2D eigenvalue weighted by Gasteiger charge is 2.19. The Morgan fingerprint density at radius 2 is 2.29 bits per heavy atom. The summed E-state index contributed by atoms with van der Waals surface area (Å²) < 4.78 is 32.3. The monoisotopic (exact) mass is 315 g/mol. The number of hydrogen-bond donors (Lipinski definition) is 3. The summed E-state index contributed by atoms with van der Waals surface area (Å²) in [7, 11) is -3.42. The second-order valence-electron chi connectivity index (χ2n) is 5.81. The van der Waals surface area contributed by atoms with Crippen molar-refractivity contribution in [1.29, 1.82) is 0 Å². The molecule has 3 N–H and O–H groups in total. The van der Waals surface area contributed by atoms with Crippen molar-refractivity contribution in [1.82, 2.24) is 15.0 Å². The molecule has 1 unspecified atom stereocenters. The molecule has 0 spiro atoms. The van der Waals surface area contributed by atoms with Crippen LogP contribution in [0.15, 0.2) is 17.2 Å². The summed E-state index contributed by atoms with van der Waals surface area (Å²) in [5.41, 5.74) is 0.869. The van der Waals surface area contributed by atoms with Gasteiger partial charge in [-0.25, -0.2) is 13.1 Å². The third kappa shape index (κ3) is 5.10. The number of ether oxygens (including phenoxy) is 1. The van der Waals surface area contributed by atoms with Crippen molar-refractivity contribution in [2.75, 3.05) is 19.8 Å². The van der Waals surface area contributed by atoms with Gasteiger partial charge in [0.2, 0.25) is 10.0 Å². The standard InChI is InChI=1S/C14H25N3O3S/c1-11(2)15-8-13-7-14(9-16-13)21(18,19)17-5-3-12-4-6-20-10-12/h7,9,11-12,15-17H,3-6,8,10H2,1-2H3. The number of nitrogens with one attached hydrogen (secondary N) is 3. The SMILES string of the molecule is CC(C)NCc1cc(S(=O)(=O)NCCC2CCOC2)c[nH]1. The van der Waals surface area contributed by atoms with E-state index in [2.05, 4.69) is 28.9 Å². The highest BCUT2D eigenvalue weighted by Crippen LogP contribution is 2.16. The van der Waals surface area contributed by atoms with Crippen LogP contribution in [0.5, 0.6) is 0 Å². The summed E-state index contributed by atoms with van der Waals surface area (Å²) in [5.74, 6) is 0.477. The van der Waals surface area contributed by atoms with Crippen LogP contribution < -0.4 is 10.0 Å². The lowest BCUT2D eigenvalue weighted by atomic mass is 10.1. The van der Waals surface area contributed by atoms with E-state index >= 15 is 0 Å². The Bertz CT molecular complexity index is 533. The molecule has 0 aromatic carbocycles. The molecule has 0 amide bonds. The van der Waals surface area contributed by atoms with E-state index in [0.29, 0.717) is 29.9 Å². The van der Waals surface area contributed by atoms with Crippen LogP contribution in [0.4, 0.5) is 0 Å². The van der Waals surface area contributed by atoms with E-state index < -0.39 is 10.0 Å². The van der Waals surface area contributed by atoms with Gasteiger partial charge in [-0.2, -0.15) is 0 Å². The number of rotatable bonds is 8. The zero-order chi connectivity index (χ0) is 15.3. The first-order valence-electron chi connectivity index (χ1n) is 7.45. The smallest absolute Gasteiger partial charge is 0.242 e. The molecule has 0 saturated carbocycles. The van der Waals surface area contributed by atoms with Crippen LogP contribution in [0.25, 0.3) is 0 Å². The van der Waals surface area contributed by atoms with Gasteiger partial charge >= 0.3 is 0 Å². The second kappa shape index (κ2) is 7.40. The Morgan fingerprint density at radius 1 is 1.48 bits per heavy atom. The molecule has 1 fully saturated rings. The first-order chi connectivity index (χ1) is 9.97. The summed E-state index contributed by atoms with van der Waals surface area (Å²) in [5, 5.41) is 3.25. The molecular formula is C14H25N3O3S. The molecule has 0 aliphatic carbocycles. The Balaban J connectivity index is 1.83.